The van der Waals surface area contributed by atoms with Gasteiger partial charge >= 0.3 is 0 Å². The predicted molar refractivity (Wildman–Crippen MR) is 53.7 cm³/mol. The van der Waals surface area contributed by atoms with Gasteiger partial charge in [-0.25, -0.2) is 0 Å². The Labute approximate surface area is 81.0 Å². The molecule has 0 bridgehead atoms. The van der Waals surface area contributed by atoms with Crippen molar-refractivity contribution in [2.45, 2.75) is 38.7 Å². The summed E-state index contributed by atoms with van der Waals surface area (Å²) in [6.07, 6.45) is 5.98. The first-order valence-electron chi connectivity index (χ1n) is 5.68. The summed E-state index contributed by atoms with van der Waals surface area (Å²) < 4.78 is 5.87. The molecule has 1 aliphatic carbocycles. The van der Waals surface area contributed by atoms with Crippen LogP contribution in [0.15, 0.2) is 0 Å². The number of rotatable bonds is 4. The third-order valence-corrected chi connectivity index (χ3v) is 3.28. The Hall–Kier alpha value is -0.0800. The molecular formula is C11H21NO. The van der Waals surface area contributed by atoms with Crippen LogP contribution in [0.25, 0.3) is 0 Å². The van der Waals surface area contributed by atoms with Crippen LogP contribution in [-0.4, -0.2) is 25.8 Å². The first-order chi connectivity index (χ1) is 6.36. The molecule has 0 amide bonds. The van der Waals surface area contributed by atoms with Crippen molar-refractivity contribution in [3.8, 4) is 0 Å². The molecule has 0 aromatic carbocycles. The highest BCUT2D eigenvalue weighted by Gasteiger charge is 2.29. The lowest BCUT2D eigenvalue weighted by atomic mass is 10.0. The molecule has 1 saturated carbocycles. The van der Waals surface area contributed by atoms with Crippen LogP contribution in [-0.2, 0) is 4.74 Å². The topological polar surface area (TPSA) is 21.3 Å². The lowest BCUT2D eigenvalue weighted by Gasteiger charge is -2.24. The van der Waals surface area contributed by atoms with E-state index in [-0.39, 0.29) is 0 Å². The molecule has 2 rings (SSSR count). The minimum absolute atomic E-state index is 0.516. The van der Waals surface area contributed by atoms with Crippen molar-refractivity contribution < 1.29 is 4.74 Å². The van der Waals surface area contributed by atoms with Crippen LogP contribution in [0, 0.1) is 11.8 Å². The third-order valence-electron chi connectivity index (χ3n) is 3.28. The van der Waals surface area contributed by atoms with Crippen molar-refractivity contribution in [2.24, 2.45) is 11.8 Å². The minimum atomic E-state index is 0.516. The Morgan fingerprint density at radius 3 is 2.85 bits per heavy atom. The van der Waals surface area contributed by atoms with Gasteiger partial charge in [-0.2, -0.15) is 0 Å². The van der Waals surface area contributed by atoms with Gasteiger partial charge in [0.15, 0.2) is 0 Å². The fourth-order valence-corrected chi connectivity index (χ4v) is 2.06. The van der Waals surface area contributed by atoms with E-state index in [1.165, 1.54) is 32.2 Å². The van der Waals surface area contributed by atoms with Crippen LogP contribution in [0.1, 0.15) is 32.6 Å². The molecule has 1 saturated heterocycles. The van der Waals surface area contributed by atoms with Gasteiger partial charge in [0.05, 0.1) is 12.7 Å². The zero-order valence-electron chi connectivity index (χ0n) is 8.59. The fraction of sp³-hybridized carbons (Fsp3) is 1.00. The van der Waals surface area contributed by atoms with Gasteiger partial charge in [-0.15, -0.1) is 0 Å². The maximum Gasteiger partial charge on any atom is 0.0575 e. The number of hydrogen-bond acceptors (Lipinski definition) is 2. The summed E-state index contributed by atoms with van der Waals surface area (Å²) in [5.41, 5.74) is 0. The second kappa shape index (κ2) is 4.43. The average molecular weight is 183 g/mol. The summed E-state index contributed by atoms with van der Waals surface area (Å²) in [6, 6.07) is 0. The molecule has 0 radical (unpaired) electrons. The quantitative estimate of drug-likeness (QED) is 0.717. The van der Waals surface area contributed by atoms with Crippen LogP contribution in [0.4, 0.5) is 0 Å². The van der Waals surface area contributed by atoms with Crippen LogP contribution < -0.4 is 5.32 Å². The molecule has 2 fully saturated rings. The zero-order chi connectivity index (χ0) is 9.10. The molecule has 0 aromatic heterocycles. The number of ether oxygens (including phenoxy) is 1. The van der Waals surface area contributed by atoms with Gasteiger partial charge in [0.1, 0.15) is 0 Å². The molecule has 2 heteroatoms. The van der Waals surface area contributed by atoms with E-state index in [4.69, 9.17) is 4.74 Å². The summed E-state index contributed by atoms with van der Waals surface area (Å²) in [4.78, 5) is 0. The summed E-state index contributed by atoms with van der Waals surface area (Å²) in [6.45, 7) is 5.57. The molecule has 1 heterocycles. The maximum atomic E-state index is 5.87. The largest absolute Gasteiger partial charge is 0.378 e. The van der Waals surface area contributed by atoms with Gasteiger partial charge in [-0.05, 0) is 51.0 Å². The van der Waals surface area contributed by atoms with Gasteiger partial charge in [-0.3, -0.25) is 0 Å². The van der Waals surface area contributed by atoms with Gasteiger partial charge in [-0.1, -0.05) is 0 Å². The Balaban J connectivity index is 1.60. The van der Waals surface area contributed by atoms with E-state index in [0.717, 1.165) is 25.0 Å². The Morgan fingerprint density at radius 2 is 2.23 bits per heavy atom. The van der Waals surface area contributed by atoms with E-state index in [0.29, 0.717) is 6.10 Å². The van der Waals surface area contributed by atoms with Gasteiger partial charge < -0.3 is 10.1 Å². The normalized spacial score (nSPS) is 31.6. The Kier molecular flexibility index (Phi) is 3.23. The standard InChI is InChI=1S/C11H21NO/c1-9(11-4-5-11)13-8-10-3-2-6-12-7-10/h9-12H,2-8H2,1H3/t9-,10+/m1/s1. The predicted octanol–water partition coefficient (Wildman–Crippen LogP) is 1.80. The van der Waals surface area contributed by atoms with Crippen molar-refractivity contribution >= 4 is 0 Å². The zero-order valence-corrected chi connectivity index (χ0v) is 8.59. The summed E-state index contributed by atoms with van der Waals surface area (Å²) in [7, 11) is 0. The SMILES string of the molecule is C[C@@H](OC[C@H]1CCCNC1)C1CC1. The van der Waals surface area contributed by atoms with E-state index >= 15 is 0 Å². The molecule has 1 N–H and O–H groups in total. The fourth-order valence-electron chi connectivity index (χ4n) is 2.06. The number of piperidine rings is 1. The van der Waals surface area contributed by atoms with Crippen LogP contribution in [0.5, 0.6) is 0 Å². The van der Waals surface area contributed by atoms with E-state index in [9.17, 15) is 0 Å². The first kappa shape index (κ1) is 9.47. The highest BCUT2D eigenvalue weighted by atomic mass is 16.5. The van der Waals surface area contributed by atoms with E-state index in [1.54, 1.807) is 0 Å². The minimum Gasteiger partial charge on any atom is -0.378 e. The maximum absolute atomic E-state index is 5.87. The molecule has 13 heavy (non-hydrogen) atoms. The molecule has 0 aromatic rings. The molecule has 2 nitrogen and oxygen atoms in total. The number of hydrogen-bond donors (Lipinski definition) is 1. The Bertz CT molecular complexity index is 150. The highest BCUT2D eigenvalue weighted by molar-refractivity contribution is 4.79. The summed E-state index contributed by atoms with van der Waals surface area (Å²) in [5, 5.41) is 3.42. The van der Waals surface area contributed by atoms with Crippen LogP contribution in [0.2, 0.25) is 0 Å². The summed E-state index contributed by atoms with van der Waals surface area (Å²) >= 11 is 0. The summed E-state index contributed by atoms with van der Waals surface area (Å²) in [5.74, 6) is 1.66. The second-order valence-corrected chi connectivity index (χ2v) is 4.59. The van der Waals surface area contributed by atoms with Crippen molar-refractivity contribution in [3.05, 3.63) is 0 Å². The molecule has 2 atom stereocenters. The highest BCUT2D eigenvalue weighted by Crippen LogP contribution is 2.34. The molecule has 0 spiro atoms. The second-order valence-electron chi connectivity index (χ2n) is 4.59. The van der Waals surface area contributed by atoms with E-state index in [1.807, 2.05) is 0 Å². The average Bonchev–Trinajstić information content (AvgIpc) is 2.99. The first-order valence-corrected chi connectivity index (χ1v) is 5.68. The van der Waals surface area contributed by atoms with E-state index in [2.05, 4.69) is 12.2 Å². The smallest absolute Gasteiger partial charge is 0.0575 e. The third kappa shape index (κ3) is 2.96. The van der Waals surface area contributed by atoms with Crippen molar-refractivity contribution in [1.82, 2.24) is 5.32 Å². The lowest BCUT2D eigenvalue weighted by Crippen LogP contribution is -2.33. The van der Waals surface area contributed by atoms with Gasteiger partial charge in [0.25, 0.3) is 0 Å². The van der Waals surface area contributed by atoms with Crippen molar-refractivity contribution in [1.29, 1.82) is 0 Å². The molecule has 2 aliphatic rings. The van der Waals surface area contributed by atoms with Crippen LogP contribution in [0.3, 0.4) is 0 Å². The molecule has 1 aliphatic heterocycles. The molecular weight excluding hydrogens is 162 g/mol. The van der Waals surface area contributed by atoms with Crippen molar-refractivity contribution in [3.63, 3.8) is 0 Å². The van der Waals surface area contributed by atoms with Crippen molar-refractivity contribution in [2.75, 3.05) is 19.7 Å². The lowest BCUT2D eigenvalue weighted by molar-refractivity contribution is 0.0222. The number of nitrogens with one attached hydrogen (secondary N) is 1. The van der Waals surface area contributed by atoms with E-state index < -0.39 is 0 Å². The van der Waals surface area contributed by atoms with Gasteiger partial charge in [0, 0.05) is 6.54 Å². The molecule has 0 unspecified atom stereocenters. The van der Waals surface area contributed by atoms with Crippen LogP contribution >= 0.6 is 0 Å². The molecule has 76 valence electrons. The Morgan fingerprint density at radius 1 is 1.38 bits per heavy atom. The monoisotopic (exact) mass is 183 g/mol. The van der Waals surface area contributed by atoms with Gasteiger partial charge in [0.2, 0.25) is 0 Å².